The Labute approximate surface area is 226 Å². The van der Waals surface area contributed by atoms with Crippen LogP contribution >= 0.6 is 46.4 Å². The molecule has 1 atom stereocenters. The largest absolute Gasteiger partial charge is 0.350 e. The monoisotopic (exact) mass is 581 g/mol. The second-order valence-electron chi connectivity index (χ2n) is 9.05. The number of halogens is 4. The van der Waals surface area contributed by atoms with Gasteiger partial charge in [-0.05, 0) is 57.5 Å². The first kappa shape index (κ1) is 29.5. The summed E-state index contributed by atoms with van der Waals surface area (Å²) in [4.78, 5) is 27.8. The highest BCUT2D eigenvalue weighted by atomic mass is 35.5. The fraction of sp³-hybridized carbons (Fsp3) is 0.391. The Balaban J connectivity index is 2.48. The zero-order valence-corrected chi connectivity index (χ0v) is 23.7. The molecule has 192 valence electrons. The molecule has 0 heterocycles. The van der Waals surface area contributed by atoms with E-state index in [0.29, 0.717) is 10.6 Å². The number of benzene rings is 2. The predicted molar refractivity (Wildman–Crippen MR) is 143 cm³/mol. The van der Waals surface area contributed by atoms with E-state index in [1.807, 2.05) is 20.8 Å². The normalized spacial score (nSPS) is 12.7. The van der Waals surface area contributed by atoms with Gasteiger partial charge in [0.15, 0.2) is 0 Å². The van der Waals surface area contributed by atoms with Gasteiger partial charge >= 0.3 is 0 Å². The zero-order valence-electron chi connectivity index (χ0n) is 19.9. The number of nitrogens with zero attached hydrogens (tertiary/aromatic N) is 2. The molecule has 7 nitrogen and oxygen atoms in total. The fourth-order valence-corrected chi connectivity index (χ4v) is 4.95. The van der Waals surface area contributed by atoms with Crippen molar-refractivity contribution in [3.63, 3.8) is 0 Å². The molecule has 0 aliphatic carbocycles. The number of anilines is 1. The number of nitrogens with one attached hydrogen (secondary N) is 1. The van der Waals surface area contributed by atoms with Crippen molar-refractivity contribution in [1.29, 1.82) is 0 Å². The maximum atomic E-state index is 13.5. The summed E-state index contributed by atoms with van der Waals surface area (Å²) in [7, 11) is -3.97. The van der Waals surface area contributed by atoms with Crippen LogP contribution in [0.3, 0.4) is 0 Å². The van der Waals surface area contributed by atoms with Crippen molar-refractivity contribution < 1.29 is 18.0 Å². The van der Waals surface area contributed by atoms with Crippen LogP contribution in [0.4, 0.5) is 5.69 Å². The van der Waals surface area contributed by atoms with Crippen LogP contribution in [0.25, 0.3) is 0 Å². The second-order valence-corrected chi connectivity index (χ2v) is 12.6. The van der Waals surface area contributed by atoms with Crippen LogP contribution in [0.2, 0.25) is 20.1 Å². The van der Waals surface area contributed by atoms with Gasteiger partial charge in [0, 0.05) is 17.1 Å². The molecule has 2 aromatic rings. The van der Waals surface area contributed by atoms with E-state index in [2.05, 4.69) is 5.32 Å². The number of carbonyl (C=O) groups excluding carboxylic acids is 2. The molecule has 0 saturated carbocycles. The highest BCUT2D eigenvalue weighted by Crippen LogP contribution is 2.35. The lowest BCUT2D eigenvalue weighted by Gasteiger charge is -2.33. The predicted octanol–water partition coefficient (Wildman–Crippen LogP) is 5.40. The van der Waals surface area contributed by atoms with Gasteiger partial charge < -0.3 is 10.2 Å². The molecule has 0 aliphatic heterocycles. The highest BCUT2D eigenvalue weighted by Gasteiger charge is 2.32. The minimum absolute atomic E-state index is 0.00228. The van der Waals surface area contributed by atoms with E-state index in [4.69, 9.17) is 46.4 Å². The topological polar surface area (TPSA) is 86.8 Å². The van der Waals surface area contributed by atoms with Gasteiger partial charge in [0.25, 0.3) is 0 Å². The van der Waals surface area contributed by atoms with Crippen LogP contribution in [0.1, 0.15) is 33.3 Å². The average Bonchev–Trinajstić information content (AvgIpc) is 2.70. The zero-order chi connectivity index (χ0) is 26.7. The summed E-state index contributed by atoms with van der Waals surface area (Å²) >= 11 is 24.4. The van der Waals surface area contributed by atoms with E-state index in [0.717, 1.165) is 10.6 Å². The van der Waals surface area contributed by atoms with E-state index in [9.17, 15) is 18.0 Å². The number of hydrogen-bond donors (Lipinski definition) is 1. The first-order chi connectivity index (χ1) is 16.0. The Bertz CT molecular complexity index is 1220. The van der Waals surface area contributed by atoms with E-state index < -0.39 is 40.0 Å². The van der Waals surface area contributed by atoms with Crippen LogP contribution in [0.15, 0.2) is 36.4 Å². The van der Waals surface area contributed by atoms with Crippen molar-refractivity contribution in [2.75, 3.05) is 17.1 Å². The molecule has 12 heteroatoms. The highest BCUT2D eigenvalue weighted by molar-refractivity contribution is 7.92. The summed E-state index contributed by atoms with van der Waals surface area (Å²) < 4.78 is 26.1. The standard InChI is InChI=1S/C23H27Cl4N3O4S/c1-14(22(32)28-23(2,3)4)29(12-15-7-6-8-16(24)9-15)21(31)13-30(35(5,33)34)20-11-18(26)17(25)10-19(20)27/h6-11,14H,12-13H2,1-5H3,(H,28,32). The quantitative estimate of drug-likeness (QED) is 0.422. The number of carbonyl (C=O) groups is 2. The Hall–Kier alpha value is -1.71. The van der Waals surface area contributed by atoms with Crippen LogP contribution < -0.4 is 9.62 Å². The summed E-state index contributed by atoms with van der Waals surface area (Å²) in [6.07, 6.45) is 0.941. The summed E-state index contributed by atoms with van der Waals surface area (Å²) in [5.74, 6) is -1.03. The van der Waals surface area contributed by atoms with Gasteiger partial charge in [-0.25, -0.2) is 8.42 Å². The van der Waals surface area contributed by atoms with Crippen LogP contribution in [-0.2, 0) is 26.2 Å². The molecule has 0 aromatic heterocycles. The van der Waals surface area contributed by atoms with E-state index >= 15 is 0 Å². The Morgan fingerprint density at radius 1 is 1.00 bits per heavy atom. The van der Waals surface area contributed by atoms with Gasteiger partial charge in [0.05, 0.1) is 27.0 Å². The first-order valence-corrected chi connectivity index (χ1v) is 13.8. The van der Waals surface area contributed by atoms with Crippen molar-refractivity contribution in [1.82, 2.24) is 10.2 Å². The first-order valence-electron chi connectivity index (χ1n) is 10.5. The Morgan fingerprint density at radius 3 is 2.14 bits per heavy atom. The maximum Gasteiger partial charge on any atom is 0.244 e. The Morgan fingerprint density at radius 2 is 1.60 bits per heavy atom. The summed E-state index contributed by atoms with van der Waals surface area (Å²) in [6, 6.07) is 8.48. The van der Waals surface area contributed by atoms with Crippen molar-refractivity contribution in [3.05, 3.63) is 62.1 Å². The van der Waals surface area contributed by atoms with Crippen molar-refractivity contribution in [2.45, 2.75) is 45.8 Å². The molecular weight excluding hydrogens is 556 g/mol. The van der Waals surface area contributed by atoms with Gasteiger partial charge in [-0.2, -0.15) is 0 Å². The molecule has 35 heavy (non-hydrogen) atoms. The average molecular weight is 583 g/mol. The van der Waals surface area contributed by atoms with E-state index in [1.54, 1.807) is 31.2 Å². The third-order valence-corrected chi connectivity index (χ3v) is 7.23. The van der Waals surface area contributed by atoms with Gasteiger partial charge in [-0.1, -0.05) is 58.5 Å². The van der Waals surface area contributed by atoms with Crippen molar-refractivity contribution in [3.8, 4) is 0 Å². The molecule has 2 aromatic carbocycles. The summed E-state index contributed by atoms with van der Waals surface area (Å²) in [5, 5.41) is 3.51. The van der Waals surface area contributed by atoms with Crippen molar-refractivity contribution in [2.24, 2.45) is 0 Å². The molecule has 0 spiro atoms. The van der Waals surface area contributed by atoms with Crippen molar-refractivity contribution >= 4 is 73.9 Å². The lowest BCUT2D eigenvalue weighted by atomic mass is 10.1. The molecule has 0 saturated heterocycles. The molecule has 0 bridgehead atoms. The molecule has 1 unspecified atom stereocenters. The Kier molecular flexibility index (Phi) is 9.75. The molecule has 0 radical (unpaired) electrons. The third kappa shape index (κ3) is 8.43. The lowest BCUT2D eigenvalue weighted by Crippen LogP contribution is -2.54. The second kappa shape index (κ2) is 11.6. The molecule has 2 amide bonds. The number of sulfonamides is 1. The molecule has 1 N–H and O–H groups in total. The number of rotatable bonds is 8. The smallest absolute Gasteiger partial charge is 0.244 e. The maximum absolute atomic E-state index is 13.5. The minimum Gasteiger partial charge on any atom is -0.350 e. The van der Waals surface area contributed by atoms with Gasteiger partial charge in [0.1, 0.15) is 12.6 Å². The fourth-order valence-electron chi connectivity index (χ4n) is 3.19. The SMILES string of the molecule is CC(C(=O)NC(C)(C)C)N(Cc1cccc(Cl)c1)C(=O)CN(c1cc(Cl)c(Cl)cc1Cl)S(C)(=O)=O. The number of amides is 2. The molecular formula is C23H27Cl4N3O4S. The van der Waals surface area contributed by atoms with E-state index in [-0.39, 0.29) is 27.3 Å². The van der Waals surface area contributed by atoms with Crippen LogP contribution in [0, 0.1) is 0 Å². The third-order valence-electron chi connectivity index (χ3n) is 4.85. The molecule has 0 aliphatic rings. The minimum atomic E-state index is -3.97. The summed E-state index contributed by atoms with van der Waals surface area (Å²) in [6.45, 7) is 6.42. The van der Waals surface area contributed by atoms with Gasteiger partial charge in [0.2, 0.25) is 21.8 Å². The van der Waals surface area contributed by atoms with E-state index in [1.165, 1.54) is 17.0 Å². The number of hydrogen-bond acceptors (Lipinski definition) is 4. The van der Waals surface area contributed by atoms with Gasteiger partial charge in [-0.15, -0.1) is 0 Å². The molecule has 2 rings (SSSR count). The molecule has 0 fully saturated rings. The van der Waals surface area contributed by atoms with Gasteiger partial charge in [-0.3, -0.25) is 13.9 Å². The van der Waals surface area contributed by atoms with Crippen LogP contribution in [-0.4, -0.2) is 49.5 Å². The summed E-state index contributed by atoms with van der Waals surface area (Å²) in [5.41, 5.74) is 0.119. The van der Waals surface area contributed by atoms with Crippen LogP contribution in [0.5, 0.6) is 0 Å². The lowest BCUT2D eigenvalue weighted by molar-refractivity contribution is -0.140.